The maximum atomic E-state index is 14.9. The van der Waals surface area contributed by atoms with Gasteiger partial charge in [0.2, 0.25) is 5.43 Å². The third-order valence-electron chi connectivity index (χ3n) is 5.60. The molecule has 0 bridgehead atoms. The molecule has 3 N–H and O–H groups in total. The molecule has 0 unspecified atom stereocenters. The minimum absolute atomic E-state index is 0.0355. The maximum absolute atomic E-state index is 14.9. The van der Waals surface area contributed by atoms with Crippen LogP contribution >= 0.6 is 0 Å². The van der Waals surface area contributed by atoms with Gasteiger partial charge in [-0.25, -0.2) is 9.18 Å². The fraction of sp³-hybridized carbons (Fsp3) is 0.273. The third kappa shape index (κ3) is 3.44. The molecule has 0 aliphatic carbocycles. The van der Waals surface area contributed by atoms with Crippen molar-refractivity contribution in [2.45, 2.75) is 19.8 Å². The number of carbonyl (C=O) groups is 1. The number of nitrogens with two attached hydrogens (primary N) is 1. The van der Waals surface area contributed by atoms with Crippen LogP contribution in [0.2, 0.25) is 0 Å². The Kier molecular flexibility index (Phi) is 4.74. The zero-order valence-corrected chi connectivity index (χ0v) is 16.1. The summed E-state index contributed by atoms with van der Waals surface area (Å²) in [6.45, 7) is 3.66. The molecule has 4 rings (SSSR count). The lowest BCUT2D eigenvalue weighted by Crippen LogP contribution is -2.33. The van der Waals surface area contributed by atoms with Gasteiger partial charge in [0, 0.05) is 36.0 Å². The summed E-state index contributed by atoms with van der Waals surface area (Å²) in [6, 6.07) is 9.65. The summed E-state index contributed by atoms with van der Waals surface area (Å²) in [5.74, 6) is -1.27. The Balaban J connectivity index is 1.97. The molecular formula is C22H22FN3O3. The van der Waals surface area contributed by atoms with Crippen LogP contribution in [-0.4, -0.2) is 28.7 Å². The first-order valence-corrected chi connectivity index (χ1v) is 9.58. The Hall–Kier alpha value is -3.35. The van der Waals surface area contributed by atoms with Gasteiger partial charge in [0.15, 0.2) is 0 Å². The van der Waals surface area contributed by atoms with Gasteiger partial charge in [-0.2, -0.15) is 0 Å². The van der Waals surface area contributed by atoms with Crippen LogP contribution in [0.4, 0.5) is 15.8 Å². The molecule has 2 heterocycles. The summed E-state index contributed by atoms with van der Waals surface area (Å²) in [4.78, 5) is 26.3. The Morgan fingerprint density at radius 1 is 1.17 bits per heavy atom. The van der Waals surface area contributed by atoms with Crippen molar-refractivity contribution in [3.05, 3.63) is 64.2 Å². The lowest BCUT2D eigenvalue weighted by atomic mass is 9.98. The minimum Gasteiger partial charge on any atom is -0.477 e. The second-order valence-electron chi connectivity index (χ2n) is 7.63. The normalized spacial score (nSPS) is 15.0. The fourth-order valence-electron chi connectivity index (χ4n) is 3.83. The Bertz CT molecular complexity index is 1150. The van der Waals surface area contributed by atoms with Crippen LogP contribution in [0.5, 0.6) is 0 Å². The van der Waals surface area contributed by atoms with Gasteiger partial charge in [0.05, 0.1) is 11.2 Å². The molecule has 1 aliphatic rings. The number of hydrogen-bond donors (Lipinski definition) is 2. The first-order chi connectivity index (χ1) is 13.8. The first-order valence-electron chi connectivity index (χ1n) is 9.58. The molecule has 1 fully saturated rings. The number of piperidine rings is 1. The Labute approximate surface area is 167 Å². The lowest BCUT2D eigenvalue weighted by molar-refractivity contribution is 0.0695. The molecule has 0 saturated carbocycles. The van der Waals surface area contributed by atoms with Gasteiger partial charge in [0.1, 0.15) is 11.4 Å². The number of benzene rings is 2. The predicted octanol–water partition coefficient (Wildman–Crippen LogP) is 3.65. The molecule has 2 aromatic carbocycles. The number of hydrogen-bond acceptors (Lipinski definition) is 4. The summed E-state index contributed by atoms with van der Waals surface area (Å²) < 4.78 is 16.6. The standard InChI is InChI=1S/C22H22FN3O3/c1-13-6-8-25(9-7-13)20-11-19-16(10-18(20)23)21(27)17(22(28)29)12-26(19)15-4-2-14(24)3-5-15/h2-5,10-13H,6-9,24H2,1H3,(H,28,29). The number of rotatable bonds is 3. The van der Waals surface area contributed by atoms with Crippen molar-refractivity contribution in [3.63, 3.8) is 0 Å². The smallest absolute Gasteiger partial charge is 0.341 e. The van der Waals surface area contributed by atoms with Crippen molar-refractivity contribution in [3.8, 4) is 5.69 Å². The lowest BCUT2D eigenvalue weighted by Gasteiger charge is -2.32. The second kappa shape index (κ2) is 7.24. The summed E-state index contributed by atoms with van der Waals surface area (Å²) >= 11 is 0. The number of pyridine rings is 1. The number of carboxylic acids is 1. The third-order valence-corrected chi connectivity index (χ3v) is 5.60. The van der Waals surface area contributed by atoms with Gasteiger partial charge in [-0.05, 0) is 55.2 Å². The van der Waals surface area contributed by atoms with Crippen molar-refractivity contribution in [1.29, 1.82) is 0 Å². The van der Waals surface area contributed by atoms with E-state index in [2.05, 4.69) is 6.92 Å². The number of aromatic nitrogens is 1. The number of aromatic carboxylic acids is 1. The van der Waals surface area contributed by atoms with Gasteiger partial charge in [0.25, 0.3) is 0 Å². The van der Waals surface area contributed by atoms with Crippen molar-refractivity contribution in [2.75, 3.05) is 23.7 Å². The van der Waals surface area contributed by atoms with E-state index in [1.54, 1.807) is 34.9 Å². The SMILES string of the molecule is CC1CCN(c2cc3c(cc2F)c(=O)c(C(=O)O)cn3-c2ccc(N)cc2)CC1. The maximum Gasteiger partial charge on any atom is 0.341 e. The van der Waals surface area contributed by atoms with Gasteiger partial charge in [-0.3, -0.25) is 4.79 Å². The van der Waals surface area contributed by atoms with E-state index in [9.17, 15) is 19.1 Å². The van der Waals surface area contributed by atoms with Crippen molar-refractivity contribution in [1.82, 2.24) is 4.57 Å². The number of halogens is 1. The minimum atomic E-state index is -1.35. The van der Waals surface area contributed by atoms with Crippen molar-refractivity contribution in [2.24, 2.45) is 5.92 Å². The zero-order valence-electron chi connectivity index (χ0n) is 16.1. The van der Waals surface area contributed by atoms with Crippen LogP contribution in [0.25, 0.3) is 16.6 Å². The number of nitrogens with zero attached hydrogens (tertiary/aromatic N) is 2. The Morgan fingerprint density at radius 2 is 1.83 bits per heavy atom. The second-order valence-corrected chi connectivity index (χ2v) is 7.63. The highest BCUT2D eigenvalue weighted by molar-refractivity contribution is 5.94. The van der Waals surface area contributed by atoms with E-state index in [1.807, 2.05) is 4.90 Å². The predicted molar refractivity (Wildman–Crippen MR) is 111 cm³/mol. The van der Waals surface area contributed by atoms with E-state index in [-0.39, 0.29) is 5.39 Å². The largest absolute Gasteiger partial charge is 0.477 e. The summed E-state index contributed by atoms with van der Waals surface area (Å²) in [5.41, 5.74) is 6.74. The molecule has 1 saturated heterocycles. The van der Waals surface area contributed by atoms with Crippen molar-refractivity contribution >= 4 is 28.2 Å². The molecule has 0 atom stereocenters. The molecule has 6 nitrogen and oxygen atoms in total. The number of anilines is 2. The zero-order chi connectivity index (χ0) is 20.7. The number of fused-ring (bicyclic) bond motifs is 1. The molecule has 7 heteroatoms. The highest BCUT2D eigenvalue weighted by atomic mass is 19.1. The molecular weight excluding hydrogens is 373 g/mol. The number of carboxylic acid groups (broad SMARTS) is 1. The highest BCUT2D eigenvalue weighted by Crippen LogP contribution is 2.30. The molecule has 1 aromatic heterocycles. The van der Waals surface area contributed by atoms with E-state index in [0.717, 1.165) is 32.0 Å². The monoisotopic (exact) mass is 395 g/mol. The summed E-state index contributed by atoms with van der Waals surface area (Å²) in [5, 5.41) is 9.49. The van der Waals surface area contributed by atoms with Crippen LogP contribution < -0.4 is 16.1 Å². The van der Waals surface area contributed by atoms with Gasteiger partial charge < -0.3 is 20.3 Å². The average Bonchev–Trinajstić information content (AvgIpc) is 2.70. The summed E-state index contributed by atoms with van der Waals surface area (Å²) in [6.07, 6.45) is 3.24. The van der Waals surface area contributed by atoms with Crippen LogP contribution in [0.3, 0.4) is 0 Å². The average molecular weight is 395 g/mol. The molecule has 0 radical (unpaired) electrons. The first kappa shape index (κ1) is 19.0. The molecule has 1 aliphatic heterocycles. The van der Waals surface area contributed by atoms with Gasteiger partial charge in [-0.1, -0.05) is 6.92 Å². The molecule has 29 heavy (non-hydrogen) atoms. The highest BCUT2D eigenvalue weighted by Gasteiger charge is 2.22. The molecule has 0 spiro atoms. The van der Waals surface area contributed by atoms with Crippen molar-refractivity contribution < 1.29 is 14.3 Å². The van der Waals surface area contributed by atoms with E-state index in [1.165, 1.54) is 6.20 Å². The molecule has 150 valence electrons. The van der Waals surface area contributed by atoms with Crippen LogP contribution in [0, 0.1) is 11.7 Å². The van der Waals surface area contributed by atoms with E-state index >= 15 is 0 Å². The molecule has 3 aromatic rings. The van der Waals surface area contributed by atoms with Gasteiger partial charge in [-0.15, -0.1) is 0 Å². The summed E-state index contributed by atoms with van der Waals surface area (Å²) in [7, 11) is 0. The quantitative estimate of drug-likeness (QED) is 0.661. The van der Waals surface area contributed by atoms with E-state index in [0.29, 0.717) is 28.5 Å². The number of nitrogen functional groups attached to an aromatic ring is 1. The molecule has 0 amide bonds. The topological polar surface area (TPSA) is 88.6 Å². The van der Waals surface area contributed by atoms with Gasteiger partial charge >= 0.3 is 5.97 Å². The Morgan fingerprint density at radius 3 is 2.45 bits per heavy atom. The van der Waals surface area contributed by atoms with Crippen LogP contribution in [0.1, 0.15) is 30.1 Å². The fourth-order valence-corrected chi connectivity index (χ4v) is 3.83. The van der Waals surface area contributed by atoms with E-state index < -0.39 is 22.8 Å². The van der Waals surface area contributed by atoms with E-state index in [4.69, 9.17) is 5.73 Å². The van der Waals surface area contributed by atoms with Crippen LogP contribution in [-0.2, 0) is 0 Å². The van der Waals surface area contributed by atoms with Crippen LogP contribution in [0.15, 0.2) is 47.4 Å².